The Balaban J connectivity index is 2.25. The highest BCUT2D eigenvalue weighted by Crippen LogP contribution is 2.30. The zero-order valence-electron chi connectivity index (χ0n) is 14.9. The molecular weight excluding hydrogens is 382 g/mol. The van der Waals surface area contributed by atoms with Crippen LogP contribution in [0.1, 0.15) is 30.5 Å². The van der Waals surface area contributed by atoms with E-state index >= 15 is 0 Å². The topological polar surface area (TPSA) is 47.6 Å². The summed E-state index contributed by atoms with van der Waals surface area (Å²) in [6, 6.07) is 11.8. The molecule has 2 aromatic rings. The van der Waals surface area contributed by atoms with Crippen molar-refractivity contribution in [3.63, 3.8) is 0 Å². The predicted octanol–water partition coefficient (Wildman–Crippen LogP) is 4.28. The lowest BCUT2D eigenvalue weighted by Crippen LogP contribution is -2.21. The molecule has 0 saturated carbocycles. The average Bonchev–Trinajstić information content (AvgIpc) is 2.62. The van der Waals surface area contributed by atoms with Crippen molar-refractivity contribution in [1.29, 1.82) is 0 Å². The molecule has 0 fully saturated rings. The Morgan fingerprint density at radius 2 is 1.92 bits per heavy atom. The van der Waals surface area contributed by atoms with Crippen LogP contribution >= 0.6 is 15.9 Å². The van der Waals surface area contributed by atoms with E-state index in [4.69, 9.17) is 9.47 Å². The molecule has 0 saturated heterocycles. The van der Waals surface area contributed by atoms with Gasteiger partial charge < -0.3 is 14.8 Å². The van der Waals surface area contributed by atoms with Crippen molar-refractivity contribution in [2.45, 2.75) is 33.3 Å². The van der Waals surface area contributed by atoms with E-state index < -0.39 is 0 Å². The zero-order chi connectivity index (χ0) is 18.2. The van der Waals surface area contributed by atoms with E-state index in [1.807, 2.05) is 31.2 Å². The van der Waals surface area contributed by atoms with E-state index in [9.17, 15) is 4.79 Å². The van der Waals surface area contributed by atoms with Crippen molar-refractivity contribution in [3.8, 4) is 11.5 Å². The number of carbonyl (C=O) groups is 1. The van der Waals surface area contributed by atoms with Crippen LogP contribution in [0.15, 0.2) is 40.9 Å². The van der Waals surface area contributed by atoms with Crippen LogP contribution < -0.4 is 14.8 Å². The van der Waals surface area contributed by atoms with Crippen LogP contribution in [0, 0.1) is 0 Å². The lowest BCUT2D eigenvalue weighted by molar-refractivity contribution is -0.119. The molecule has 2 rings (SSSR count). The maximum absolute atomic E-state index is 11.8. The van der Waals surface area contributed by atoms with E-state index in [-0.39, 0.29) is 5.91 Å². The molecular formula is C20H24BrNO3. The molecule has 0 spiro atoms. The molecule has 0 bridgehead atoms. The molecule has 0 unspecified atom stereocenters. The van der Waals surface area contributed by atoms with Gasteiger partial charge in [-0.1, -0.05) is 25.1 Å². The second-order valence-electron chi connectivity index (χ2n) is 5.58. The Morgan fingerprint density at radius 1 is 1.12 bits per heavy atom. The second kappa shape index (κ2) is 9.47. The molecule has 0 aliphatic rings. The summed E-state index contributed by atoms with van der Waals surface area (Å²) in [5, 5.41) is 2.66. The molecule has 134 valence electrons. The number of hydrogen-bond donors (Lipinski definition) is 1. The molecule has 0 aliphatic carbocycles. The normalized spacial score (nSPS) is 10.4. The number of benzene rings is 2. The number of nitrogens with one attached hydrogen (secondary N) is 1. The highest BCUT2D eigenvalue weighted by atomic mass is 79.9. The fraction of sp³-hybridized carbons (Fsp3) is 0.350. The van der Waals surface area contributed by atoms with Gasteiger partial charge in [0.05, 0.1) is 17.5 Å². The molecule has 1 N–H and O–H groups in total. The molecule has 2 aromatic carbocycles. The highest BCUT2D eigenvalue weighted by molar-refractivity contribution is 9.10. The van der Waals surface area contributed by atoms with Gasteiger partial charge in [0.15, 0.2) is 0 Å². The van der Waals surface area contributed by atoms with Crippen molar-refractivity contribution in [3.05, 3.63) is 57.6 Å². The standard InChI is InChI=1S/C20H24BrNO3/c1-4-14-9-10-19(17(21)11-14)25-13-16-15(12-20(23)22-3)7-6-8-18(16)24-5-2/h6-11H,4-5,12-13H2,1-3H3,(H,22,23). The van der Waals surface area contributed by atoms with E-state index in [1.54, 1.807) is 7.05 Å². The summed E-state index contributed by atoms with van der Waals surface area (Å²) in [6.07, 6.45) is 1.27. The van der Waals surface area contributed by atoms with Crippen LogP contribution in [-0.4, -0.2) is 19.6 Å². The Bertz CT molecular complexity index is 731. The number of rotatable bonds is 8. The predicted molar refractivity (Wildman–Crippen MR) is 103 cm³/mol. The van der Waals surface area contributed by atoms with Gasteiger partial charge in [0.25, 0.3) is 0 Å². The smallest absolute Gasteiger partial charge is 0.224 e. The van der Waals surface area contributed by atoms with Crippen LogP contribution in [0.5, 0.6) is 11.5 Å². The summed E-state index contributed by atoms with van der Waals surface area (Å²) in [6.45, 7) is 4.96. The summed E-state index contributed by atoms with van der Waals surface area (Å²) in [5.41, 5.74) is 3.06. The molecule has 1 amide bonds. The van der Waals surface area contributed by atoms with Crippen LogP contribution in [0.25, 0.3) is 0 Å². The largest absolute Gasteiger partial charge is 0.493 e. The third-order valence-corrected chi connectivity index (χ3v) is 4.56. The van der Waals surface area contributed by atoms with Crippen molar-refractivity contribution < 1.29 is 14.3 Å². The highest BCUT2D eigenvalue weighted by Gasteiger charge is 2.14. The van der Waals surface area contributed by atoms with E-state index in [1.165, 1.54) is 5.56 Å². The maximum atomic E-state index is 11.8. The van der Waals surface area contributed by atoms with Crippen LogP contribution in [-0.2, 0) is 24.2 Å². The van der Waals surface area contributed by atoms with Gasteiger partial charge in [0, 0.05) is 12.6 Å². The number of amides is 1. The average molecular weight is 406 g/mol. The summed E-state index contributed by atoms with van der Waals surface area (Å²) < 4.78 is 12.7. The molecule has 0 aromatic heterocycles. The molecule has 4 nitrogen and oxygen atoms in total. The van der Waals surface area contributed by atoms with Crippen molar-refractivity contribution in [2.24, 2.45) is 0 Å². The monoisotopic (exact) mass is 405 g/mol. The number of likely N-dealkylation sites (N-methyl/N-ethyl adjacent to an activating group) is 1. The number of carbonyl (C=O) groups excluding carboxylic acids is 1. The minimum Gasteiger partial charge on any atom is -0.493 e. The minimum absolute atomic E-state index is 0.0385. The molecule has 5 heteroatoms. The zero-order valence-corrected chi connectivity index (χ0v) is 16.5. The fourth-order valence-electron chi connectivity index (χ4n) is 2.52. The summed E-state index contributed by atoms with van der Waals surface area (Å²) >= 11 is 3.56. The van der Waals surface area contributed by atoms with E-state index in [2.05, 4.69) is 40.3 Å². The Labute approximate surface area is 157 Å². The Morgan fingerprint density at radius 3 is 2.56 bits per heavy atom. The summed E-state index contributed by atoms with van der Waals surface area (Å²) in [5.74, 6) is 1.49. The summed E-state index contributed by atoms with van der Waals surface area (Å²) in [4.78, 5) is 11.8. The number of aryl methyl sites for hydroxylation is 1. The van der Waals surface area contributed by atoms with Crippen LogP contribution in [0.2, 0.25) is 0 Å². The van der Waals surface area contributed by atoms with Gasteiger partial charge in [-0.25, -0.2) is 0 Å². The van der Waals surface area contributed by atoms with E-state index in [0.29, 0.717) is 19.6 Å². The van der Waals surface area contributed by atoms with E-state index in [0.717, 1.165) is 33.5 Å². The quantitative estimate of drug-likeness (QED) is 0.712. The summed E-state index contributed by atoms with van der Waals surface area (Å²) in [7, 11) is 1.64. The molecule has 0 heterocycles. The fourth-order valence-corrected chi connectivity index (χ4v) is 3.06. The van der Waals surface area contributed by atoms with Gasteiger partial charge >= 0.3 is 0 Å². The number of hydrogen-bond acceptors (Lipinski definition) is 3. The second-order valence-corrected chi connectivity index (χ2v) is 6.44. The van der Waals surface area contributed by atoms with Gasteiger partial charge in [-0.3, -0.25) is 4.79 Å². The molecule has 0 atom stereocenters. The first-order valence-corrected chi connectivity index (χ1v) is 9.23. The third-order valence-electron chi connectivity index (χ3n) is 3.94. The van der Waals surface area contributed by atoms with Gasteiger partial charge in [-0.15, -0.1) is 0 Å². The van der Waals surface area contributed by atoms with Crippen molar-refractivity contribution in [2.75, 3.05) is 13.7 Å². The minimum atomic E-state index is -0.0385. The molecule has 0 radical (unpaired) electrons. The van der Waals surface area contributed by atoms with Gasteiger partial charge in [0.2, 0.25) is 5.91 Å². The molecule has 0 aliphatic heterocycles. The van der Waals surface area contributed by atoms with Gasteiger partial charge in [0.1, 0.15) is 18.1 Å². The van der Waals surface area contributed by atoms with Crippen LogP contribution in [0.3, 0.4) is 0 Å². The van der Waals surface area contributed by atoms with Gasteiger partial charge in [-0.2, -0.15) is 0 Å². The first-order chi connectivity index (χ1) is 12.1. The SMILES string of the molecule is CCOc1cccc(CC(=O)NC)c1COc1ccc(CC)cc1Br. The number of halogens is 1. The lowest BCUT2D eigenvalue weighted by atomic mass is 10.0. The van der Waals surface area contributed by atoms with Crippen LogP contribution in [0.4, 0.5) is 0 Å². The lowest BCUT2D eigenvalue weighted by Gasteiger charge is -2.16. The Kier molecular flexibility index (Phi) is 7.31. The first-order valence-electron chi connectivity index (χ1n) is 8.44. The Hall–Kier alpha value is -2.01. The van der Waals surface area contributed by atoms with Crippen molar-refractivity contribution in [1.82, 2.24) is 5.32 Å². The first kappa shape index (κ1) is 19.3. The van der Waals surface area contributed by atoms with Gasteiger partial charge in [-0.05, 0) is 58.6 Å². The third kappa shape index (κ3) is 5.23. The number of ether oxygens (including phenoxy) is 2. The van der Waals surface area contributed by atoms with Crippen molar-refractivity contribution >= 4 is 21.8 Å². The molecule has 25 heavy (non-hydrogen) atoms. The maximum Gasteiger partial charge on any atom is 0.224 e.